The summed E-state index contributed by atoms with van der Waals surface area (Å²) in [6, 6.07) is 4.27. The largest absolute Gasteiger partial charge is 0.494 e. The number of nitrogens with zero attached hydrogens (tertiary/aromatic N) is 1. The van der Waals surface area contributed by atoms with Gasteiger partial charge in [0.2, 0.25) is 5.91 Å². The van der Waals surface area contributed by atoms with Gasteiger partial charge in [-0.15, -0.1) is 0 Å². The molecule has 7 heteroatoms. The third kappa shape index (κ3) is 4.52. The number of hydrogen-bond donors (Lipinski definition) is 1. The second-order valence-corrected chi connectivity index (χ2v) is 6.75. The molecular weight excluding hydrogens is 339 g/mol. The van der Waals surface area contributed by atoms with Gasteiger partial charge in [-0.3, -0.25) is 9.59 Å². The second-order valence-electron chi connectivity index (χ2n) is 6.75. The van der Waals surface area contributed by atoms with Crippen LogP contribution in [0.1, 0.15) is 36.0 Å². The Labute approximate surface area is 152 Å². The van der Waals surface area contributed by atoms with E-state index in [0.717, 1.165) is 31.7 Å². The van der Waals surface area contributed by atoms with E-state index in [9.17, 15) is 14.0 Å². The van der Waals surface area contributed by atoms with Crippen LogP contribution in [0, 0.1) is 11.7 Å². The Kier molecular flexibility index (Phi) is 6.08. The molecule has 1 aliphatic heterocycles. The van der Waals surface area contributed by atoms with Gasteiger partial charge in [0, 0.05) is 43.8 Å². The zero-order chi connectivity index (χ0) is 18.5. The Morgan fingerprint density at radius 3 is 2.62 bits per heavy atom. The first-order valence-corrected chi connectivity index (χ1v) is 9.10. The van der Waals surface area contributed by atoms with Gasteiger partial charge in [-0.1, -0.05) is 0 Å². The normalized spacial score (nSPS) is 17.6. The van der Waals surface area contributed by atoms with Gasteiger partial charge in [0.1, 0.15) is 0 Å². The van der Waals surface area contributed by atoms with Gasteiger partial charge in [-0.25, -0.2) is 4.39 Å². The summed E-state index contributed by atoms with van der Waals surface area (Å²) in [5.41, 5.74) is 0.231. The highest BCUT2D eigenvalue weighted by atomic mass is 19.1. The summed E-state index contributed by atoms with van der Waals surface area (Å²) in [4.78, 5) is 26.7. The van der Waals surface area contributed by atoms with Crippen LogP contribution in [-0.4, -0.2) is 56.2 Å². The van der Waals surface area contributed by atoms with E-state index in [-0.39, 0.29) is 35.1 Å². The van der Waals surface area contributed by atoms with Gasteiger partial charge in [0.25, 0.3) is 5.91 Å². The number of rotatable bonds is 7. The molecule has 0 bridgehead atoms. The van der Waals surface area contributed by atoms with E-state index in [1.807, 2.05) is 4.90 Å². The molecule has 3 rings (SSSR count). The molecule has 1 saturated carbocycles. The van der Waals surface area contributed by atoms with Gasteiger partial charge >= 0.3 is 0 Å². The van der Waals surface area contributed by atoms with Crippen LogP contribution in [0.15, 0.2) is 18.2 Å². The lowest BCUT2D eigenvalue weighted by Gasteiger charge is -2.34. The van der Waals surface area contributed by atoms with Crippen LogP contribution in [0.25, 0.3) is 0 Å². The summed E-state index contributed by atoms with van der Waals surface area (Å²) in [6.45, 7) is 2.12. The number of benzene rings is 1. The molecule has 26 heavy (non-hydrogen) atoms. The van der Waals surface area contributed by atoms with Gasteiger partial charge in [-0.2, -0.15) is 0 Å². The van der Waals surface area contributed by atoms with Crippen molar-refractivity contribution >= 4 is 11.8 Å². The van der Waals surface area contributed by atoms with E-state index in [2.05, 4.69) is 5.32 Å². The van der Waals surface area contributed by atoms with Crippen molar-refractivity contribution < 1.29 is 23.5 Å². The summed E-state index contributed by atoms with van der Waals surface area (Å²) >= 11 is 0. The summed E-state index contributed by atoms with van der Waals surface area (Å²) in [5, 5.41) is 2.78. The lowest BCUT2D eigenvalue weighted by molar-refractivity contribution is -0.136. The lowest BCUT2D eigenvalue weighted by Crippen LogP contribution is -2.47. The Morgan fingerprint density at radius 2 is 2.00 bits per heavy atom. The minimum atomic E-state index is -0.576. The van der Waals surface area contributed by atoms with Gasteiger partial charge in [-0.05, 0) is 43.9 Å². The average Bonchev–Trinajstić information content (AvgIpc) is 3.50. The van der Waals surface area contributed by atoms with Crippen molar-refractivity contribution in [2.75, 3.05) is 33.4 Å². The van der Waals surface area contributed by atoms with Crippen molar-refractivity contribution in [2.24, 2.45) is 5.92 Å². The van der Waals surface area contributed by atoms with Crippen molar-refractivity contribution in [3.63, 3.8) is 0 Å². The van der Waals surface area contributed by atoms with E-state index >= 15 is 0 Å². The molecule has 0 radical (unpaired) electrons. The van der Waals surface area contributed by atoms with Gasteiger partial charge in [0.15, 0.2) is 11.6 Å². The molecule has 6 nitrogen and oxygen atoms in total. The molecule has 2 fully saturated rings. The molecule has 1 aromatic carbocycles. The summed E-state index contributed by atoms with van der Waals surface area (Å²) in [6.07, 6.45) is 3.57. The van der Waals surface area contributed by atoms with Crippen LogP contribution >= 0.6 is 0 Å². The van der Waals surface area contributed by atoms with E-state index in [4.69, 9.17) is 9.47 Å². The van der Waals surface area contributed by atoms with Crippen molar-refractivity contribution in [3.05, 3.63) is 29.6 Å². The molecule has 0 unspecified atom stereocenters. The van der Waals surface area contributed by atoms with Crippen LogP contribution in [0.4, 0.5) is 4.39 Å². The standard InChI is InChI=1S/C19H25FN2O4/c1-25-17-5-4-14(12-16(17)20)18(23)21-8-9-22(19(24)13-2-3-13)15-6-10-26-11-7-15/h4-5,12-13,15H,2-3,6-11H2,1H3,(H,21,23). The number of carbonyl (C=O) groups excluding carboxylic acids is 2. The van der Waals surface area contributed by atoms with Gasteiger partial charge in [0.05, 0.1) is 7.11 Å². The molecular formula is C19H25FN2O4. The van der Waals surface area contributed by atoms with E-state index in [0.29, 0.717) is 26.3 Å². The zero-order valence-corrected chi connectivity index (χ0v) is 15.0. The van der Waals surface area contributed by atoms with E-state index in [1.165, 1.54) is 19.2 Å². The zero-order valence-electron chi connectivity index (χ0n) is 15.0. The minimum absolute atomic E-state index is 0.0993. The van der Waals surface area contributed by atoms with Crippen molar-refractivity contribution in [1.82, 2.24) is 10.2 Å². The third-order valence-electron chi connectivity index (χ3n) is 4.89. The molecule has 1 aliphatic carbocycles. The Bertz CT molecular complexity index is 657. The SMILES string of the molecule is COc1ccc(C(=O)NCCN(C(=O)C2CC2)C2CCOCC2)cc1F. The smallest absolute Gasteiger partial charge is 0.251 e. The number of ether oxygens (including phenoxy) is 2. The van der Waals surface area contributed by atoms with E-state index < -0.39 is 5.82 Å². The molecule has 1 heterocycles. The fourth-order valence-electron chi connectivity index (χ4n) is 3.23. The maximum absolute atomic E-state index is 13.7. The van der Waals surface area contributed by atoms with Crippen LogP contribution < -0.4 is 10.1 Å². The average molecular weight is 364 g/mol. The minimum Gasteiger partial charge on any atom is -0.494 e. The van der Waals surface area contributed by atoms with Gasteiger partial charge < -0.3 is 19.7 Å². The van der Waals surface area contributed by atoms with Crippen LogP contribution in [0.2, 0.25) is 0 Å². The number of hydrogen-bond acceptors (Lipinski definition) is 4. The summed E-state index contributed by atoms with van der Waals surface area (Å²) < 4.78 is 24.0. The highest BCUT2D eigenvalue weighted by Gasteiger charge is 2.36. The molecule has 1 saturated heterocycles. The third-order valence-corrected chi connectivity index (χ3v) is 4.89. The molecule has 2 aliphatic rings. The Morgan fingerprint density at radius 1 is 1.27 bits per heavy atom. The number of carbonyl (C=O) groups is 2. The van der Waals surface area contributed by atoms with Crippen molar-refractivity contribution in [1.29, 1.82) is 0 Å². The molecule has 0 aromatic heterocycles. The maximum Gasteiger partial charge on any atom is 0.251 e. The number of amides is 2. The first-order valence-electron chi connectivity index (χ1n) is 9.10. The van der Waals surface area contributed by atoms with E-state index in [1.54, 1.807) is 0 Å². The van der Waals surface area contributed by atoms with Crippen LogP contribution in [-0.2, 0) is 9.53 Å². The molecule has 142 valence electrons. The number of nitrogens with one attached hydrogen (secondary N) is 1. The Balaban J connectivity index is 1.55. The molecule has 2 amide bonds. The van der Waals surface area contributed by atoms with Crippen LogP contribution in [0.3, 0.4) is 0 Å². The fraction of sp³-hybridized carbons (Fsp3) is 0.579. The monoisotopic (exact) mass is 364 g/mol. The molecule has 1 N–H and O–H groups in total. The quantitative estimate of drug-likeness (QED) is 0.803. The number of halogens is 1. The molecule has 0 spiro atoms. The summed E-state index contributed by atoms with van der Waals surface area (Å²) in [5.74, 6) is -0.515. The van der Waals surface area contributed by atoms with Crippen molar-refractivity contribution in [3.8, 4) is 5.75 Å². The lowest BCUT2D eigenvalue weighted by atomic mass is 10.1. The fourth-order valence-corrected chi connectivity index (χ4v) is 3.23. The highest BCUT2D eigenvalue weighted by Crippen LogP contribution is 2.32. The van der Waals surface area contributed by atoms with Crippen LogP contribution in [0.5, 0.6) is 5.75 Å². The second kappa shape index (κ2) is 8.49. The predicted octanol–water partition coefficient (Wildman–Crippen LogP) is 1.98. The van der Waals surface area contributed by atoms with Crippen molar-refractivity contribution in [2.45, 2.75) is 31.7 Å². The molecule has 0 atom stereocenters. The Hall–Kier alpha value is -2.15. The first-order chi connectivity index (χ1) is 12.6. The maximum atomic E-state index is 13.7. The highest BCUT2D eigenvalue weighted by molar-refractivity contribution is 5.94. The topological polar surface area (TPSA) is 67.9 Å². The predicted molar refractivity (Wildman–Crippen MR) is 93.6 cm³/mol. The summed E-state index contributed by atoms with van der Waals surface area (Å²) in [7, 11) is 1.37. The first kappa shape index (κ1) is 18.6. The number of methoxy groups -OCH3 is 1. The molecule has 1 aromatic rings.